The highest BCUT2D eigenvalue weighted by Crippen LogP contribution is 2.22. The van der Waals surface area contributed by atoms with Crippen LogP contribution in [-0.4, -0.2) is 51.5 Å². The first-order valence-electron chi connectivity index (χ1n) is 24.1. The van der Waals surface area contributed by atoms with E-state index in [-0.39, 0.29) is 11.9 Å². The molecule has 0 unspecified atom stereocenters. The van der Waals surface area contributed by atoms with Crippen LogP contribution >= 0.6 is 0 Å². The predicted molar refractivity (Wildman–Crippen MR) is 232 cm³/mol. The Hall–Kier alpha value is -1.14. The van der Waals surface area contributed by atoms with Gasteiger partial charge >= 0.3 is 11.9 Å². The Morgan fingerprint density at radius 1 is 0.407 bits per heavy atom. The van der Waals surface area contributed by atoms with E-state index >= 15 is 0 Å². The molecule has 0 aromatic heterocycles. The van der Waals surface area contributed by atoms with Crippen LogP contribution in [0, 0.1) is 11.8 Å². The zero-order chi connectivity index (χ0) is 39.6. The Balaban J connectivity index is 4.00. The molecule has 0 saturated carbocycles. The first-order valence-corrected chi connectivity index (χ1v) is 24.1. The van der Waals surface area contributed by atoms with Crippen LogP contribution in [0.15, 0.2) is 0 Å². The van der Waals surface area contributed by atoms with E-state index in [4.69, 9.17) is 14.2 Å². The maximum absolute atomic E-state index is 12.2. The Labute approximate surface area is 337 Å². The van der Waals surface area contributed by atoms with E-state index in [0.717, 1.165) is 69.9 Å². The second-order valence-corrected chi connectivity index (χ2v) is 16.6. The molecule has 322 valence electrons. The largest absolute Gasteiger partial charge is 0.466 e. The lowest BCUT2D eigenvalue weighted by atomic mass is 9.93. The lowest BCUT2D eigenvalue weighted by molar-refractivity contribution is -0.145. The summed E-state index contributed by atoms with van der Waals surface area (Å²) in [5.74, 6) is 1.45. The normalized spacial score (nSPS) is 11.7. The summed E-state index contributed by atoms with van der Waals surface area (Å²) < 4.78 is 17.6. The van der Waals surface area contributed by atoms with Gasteiger partial charge in [0.05, 0.1) is 19.3 Å². The third-order valence-electron chi connectivity index (χ3n) is 11.4. The fraction of sp³-hybridized carbons (Fsp3) is 0.958. The van der Waals surface area contributed by atoms with Gasteiger partial charge in [-0.1, -0.05) is 182 Å². The summed E-state index contributed by atoms with van der Waals surface area (Å²) >= 11 is 0. The lowest BCUT2D eigenvalue weighted by Crippen LogP contribution is -2.15. The molecule has 0 rings (SSSR count). The summed E-state index contributed by atoms with van der Waals surface area (Å²) in [7, 11) is 2.02. The van der Waals surface area contributed by atoms with E-state index in [1.807, 2.05) is 7.05 Å². The Bertz CT molecular complexity index is 704. The van der Waals surface area contributed by atoms with Crippen molar-refractivity contribution in [3.63, 3.8) is 0 Å². The van der Waals surface area contributed by atoms with Crippen molar-refractivity contribution in [3.8, 4) is 0 Å². The molecule has 54 heavy (non-hydrogen) atoms. The molecule has 0 heterocycles. The fourth-order valence-electron chi connectivity index (χ4n) is 7.68. The molecule has 0 aliphatic heterocycles. The highest BCUT2D eigenvalue weighted by molar-refractivity contribution is 5.69. The van der Waals surface area contributed by atoms with E-state index in [2.05, 4.69) is 33.0 Å². The Morgan fingerprint density at radius 2 is 0.778 bits per heavy atom. The molecule has 0 radical (unpaired) electrons. The molecule has 0 fully saturated rings. The molecule has 0 spiro atoms. The first-order chi connectivity index (χ1) is 26.5. The first kappa shape index (κ1) is 52.9. The molecule has 0 bridgehead atoms. The van der Waals surface area contributed by atoms with E-state index < -0.39 is 0 Å². The quantitative estimate of drug-likeness (QED) is 0.0492. The summed E-state index contributed by atoms with van der Waals surface area (Å²) in [4.78, 5) is 24.5. The van der Waals surface area contributed by atoms with Gasteiger partial charge in [0.15, 0.2) is 0 Å². The molecule has 0 aliphatic rings. The third kappa shape index (κ3) is 37.8. The number of unbranched alkanes of at least 4 members (excludes halogenated alkanes) is 17. The molecule has 1 N–H and O–H groups in total. The van der Waals surface area contributed by atoms with E-state index in [1.165, 1.54) is 161 Å². The van der Waals surface area contributed by atoms with Crippen molar-refractivity contribution in [3.05, 3.63) is 0 Å². The number of hydrogen-bond acceptors (Lipinski definition) is 6. The molecule has 6 heteroatoms. The van der Waals surface area contributed by atoms with Crippen molar-refractivity contribution in [1.29, 1.82) is 0 Å². The number of esters is 2. The van der Waals surface area contributed by atoms with E-state index in [9.17, 15) is 9.59 Å². The highest BCUT2D eigenvalue weighted by atomic mass is 16.5. The summed E-state index contributed by atoms with van der Waals surface area (Å²) in [6.07, 6.45) is 40.4. The number of carbonyl (C=O) groups excluding carboxylic acids is 2. The topological polar surface area (TPSA) is 73.9 Å². The van der Waals surface area contributed by atoms with Crippen molar-refractivity contribution in [2.24, 2.45) is 11.8 Å². The van der Waals surface area contributed by atoms with Gasteiger partial charge in [-0.2, -0.15) is 0 Å². The van der Waals surface area contributed by atoms with Crippen molar-refractivity contribution in [2.75, 3.05) is 33.4 Å². The molecular formula is C48H95NO5. The smallest absolute Gasteiger partial charge is 0.305 e. The SMILES string of the molecule is CCCCC(CCCC)CCOC(=O)CCCCCCCCCC(CCCCCCCCCC(=O)OCCC(CCCC)CCCC)OCCCCNC. The fourth-order valence-corrected chi connectivity index (χ4v) is 7.68. The maximum atomic E-state index is 12.2. The lowest BCUT2D eigenvalue weighted by Gasteiger charge is -2.18. The predicted octanol–water partition coefficient (Wildman–Crippen LogP) is 14.3. The number of carbonyl (C=O) groups is 2. The number of hydrogen-bond donors (Lipinski definition) is 1. The van der Waals surface area contributed by atoms with Gasteiger partial charge in [0.2, 0.25) is 0 Å². The van der Waals surface area contributed by atoms with E-state index in [0.29, 0.717) is 32.2 Å². The minimum atomic E-state index is 0.00454. The van der Waals surface area contributed by atoms with Gasteiger partial charge in [-0.15, -0.1) is 0 Å². The number of rotatable bonds is 44. The van der Waals surface area contributed by atoms with Crippen molar-refractivity contribution < 1.29 is 23.8 Å². The summed E-state index contributed by atoms with van der Waals surface area (Å²) in [6, 6.07) is 0. The molecular weight excluding hydrogens is 671 g/mol. The molecule has 0 aliphatic carbocycles. The zero-order valence-corrected chi connectivity index (χ0v) is 37.1. The minimum absolute atomic E-state index is 0.00454. The van der Waals surface area contributed by atoms with Gasteiger partial charge in [0.1, 0.15) is 0 Å². The van der Waals surface area contributed by atoms with Gasteiger partial charge in [0, 0.05) is 19.4 Å². The van der Waals surface area contributed by atoms with Crippen LogP contribution in [0.25, 0.3) is 0 Å². The van der Waals surface area contributed by atoms with E-state index in [1.54, 1.807) is 0 Å². The molecule has 0 atom stereocenters. The van der Waals surface area contributed by atoms with Gasteiger partial charge in [-0.05, 0) is 76.8 Å². The second-order valence-electron chi connectivity index (χ2n) is 16.6. The van der Waals surface area contributed by atoms with Crippen LogP contribution in [0.5, 0.6) is 0 Å². The van der Waals surface area contributed by atoms with Gasteiger partial charge in [0.25, 0.3) is 0 Å². The summed E-state index contributed by atoms with van der Waals surface area (Å²) in [6.45, 7) is 12.2. The highest BCUT2D eigenvalue weighted by Gasteiger charge is 2.12. The third-order valence-corrected chi connectivity index (χ3v) is 11.4. The van der Waals surface area contributed by atoms with Crippen LogP contribution in [0.3, 0.4) is 0 Å². The Morgan fingerprint density at radius 3 is 1.15 bits per heavy atom. The molecule has 0 aromatic rings. The molecule has 0 aromatic carbocycles. The van der Waals surface area contributed by atoms with Crippen LogP contribution in [0.2, 0.25) is 0 Å². The van der Waals surface area contributed by atoms with Gasteiger partial charge < -0.3 is 19.5 Å². The summed E-state index contributed by atoms with van der Waals surface area (Å²) in [5, 5.41) is 3.24. The summed E-state index contributed by atoms with van der Waals surface area (Å²) in [5.41, 5.74) is 0. The van der Waals surface area contributed by atoms with Crippen molar-refractivity contribution in [1.82, 2.24) is 5.32 Å². The van der Waals surface area contributed by atoms with Crippen molar-refractivity contribution >= 4 is 11.9 Å². The standard InChI is InChI=1S/C48H95NO5/c1-6-10-30-44(31-11-7-2)38-42-53-47(50)36-26-22-18-14-16-20-24-34-46(52-41-29-28-40-49-5)35-25-21-17-15-19-23-27-37-48(51)54-43-39-45(32-12-8-3)33-13-9-4/h44-46,49H,6-43H2,1-5H3. The molecule has 6 nitrogen and oxygen atoms in total. The van der Waals surface area contributed by atoms with Crippen molar-refractivity contribution in [2.45, 2.75) is 252 Å². The number of ether oxygens (including phenoxy) is 3. The van der Waals surface area contributed by atoms with Crippen LogP contribution in [0.4, 0.5) is 0 Å². The maximum Gasteiger partial charge on any atom is 0.305 e. The van der Waals surface area contributed by atoms with Gasteiger partial charge in [-0.3, -0.25) is 9.59 Å². The van der Waals surface area contributed by atoms with Crippen LogP contribution in [0.1, 0.15) is 246 Å². The van der Waals surface area contributed by atoms with Gasteiger partial charge in [-0.25, -0.2) is 0 Å². The average molecular weight is 766 g/mol. The zero-order valence-electron chi connectivity index (χ0n) is 37.1. The monoisotopic (exact) mass is 766 g/mol. The minimum Gasteiger partial charge on any atom is -0.466 e. The Kier molecular flexibility index (Phi) is 42.1. The second kappa shape index (κ2) is 43.0. The molecule has 0 amide bonds. The van der Waals surface area contributed by atoms with Crippen LogP contribution in [-0.2, 0) is 23.8 Å². The molecule has 0 saturated heterocycles. The average Bonchev–Trinajstić information content (AvgIpc) is 3.17. The van der Waals surface area contributed by atoms with Crippen LogP contribution < -0.4 is 5.32 Å². The number of nitrogens with one attached hydrogen (secondary N) is 1.